The molecule has 1 amide bonds. The number of carbonyl (C=O) groups is 2. The summed E-state index contributed by atoms with van der Waals surface area (Å²) in [7, 11) is 1.58. The first-order chi connectivity index (χ1) is 14.1. The third kappa shape index (κ3) is 3.60. The van der Waals surface area contributed by atoms with Gasteiger partial charge in [0.25, 0.3) is 5.91 Å². The Morgan fingerprint density at radius 1 is 1.14 bits per heavy atom. The lowest BCUT2D eigenvalue weighted by atomic mass is 9.98. The summed E-state index contributed by atoms with van der Waals surface area (Å²) in [5.74, 6) is 0.770. The molecule has 7 nitrogen and oxygen atoms in total. The van der Waals surface area contributed by atoms with Crippen molar-refractivity contribution in [3.05, 3.63) is 54.1 Å². The fourth-order valence-corrected chi connectivity index (χ4v) is 3.91. The Morgan fingerprint density at radius 2 is 1.93 bits per heavy atom. The number of ether oxygens (including phenoxy) is 4. The summed E-state index contributed by atoms with van der Waals surface area (Å²) >= 11 is 0. The van der Waals surface area contributed by atoms with Crippen LogP contribution in [0, 0.1) is 5.92 Å². The van der Waals surface area contributed by atoms with Crippen LogP contribution in [0.3, 0.4) is 0 Å². The first-order valence-electron chi connectivity index (χ1n) is 9.61. The number of methoxy groups -OCH3 is 1. The van der Waals surface area contributed by atoms with Crippen LogP contribution < -0.4 is 14.2 Å². The molecule has 2 aromatic carbocycles. The molecule has 2 heterocycles. The fraction of sp³-hybridized carbons (Fsp3) is 0.364. The van der Waals surface area contributed by atoms with E-state index in [1.165, 1.54) is 0 Å². The summed E-state index contributed by atoms with van der Waals surface area (Å²) in [5, 5.41) is 0. The van der Waals surface area contributed by atoms with Crippen molar-refractivity contribution in [3.8, 4) is 17.2 Å². The Labute approximate surface area is 169 Å². The van der Waals surface area contributed by atoms with Crippen molar-refractivity contribution in [3.63, 3.8) is 0 Å². The number of hydrogen-bond donors (Lipinski definition) is 0. The third-order valence-corrected chi connectivity index (χ3v) is 5.25. The summed E-state index contributed by atoms with van der Waals surface area (Å²) in [6.45, 7) is 2.15. The molecular weight excluding hydrogens is 374 g/mol. The number of rotatable bonds is 6. The number of amides is 1. The van der Waals surface area contributed by atoms with Gasteiger partial charge in [-0.1, -0.05) is 18.2 Å². The zero-order valence-electron chi connectivity index (χ0n) is 16.4. The van der Waals surface area contributed by atoms with Gasteiger partial charge < -0.3 is 23.8 Å². The van der Waals surface area contributed by atoms with Gasteiger partial charge in [-0.3, -0.25) is 9.59 Å². The number of para-hydroxylation sites is 1. The maximum atomic E-state index is 13.0. The second kappa shape index (κ2) is 8.03. The van der Waals surface area contributed by atoms with Gasteiger partial charge in [0.1, 0.15) is 29.3 Å². The maximum absolute atomic E-state index is 13.0. The van der Waals surface area contributed by atoms with E-state index in [-0.39, 0.29) is 37.7 Å². The predicted octanol–water partition coefficient (Wildman–Crippen LogP) is 2.60. The van der Waals surface area contributed by atoms with E-state index < -0.39 is 12.0 Å². The lowest BCUT2D eigenvalue weighted by molar-refractivity contribution is -0.149. The van der Waals surface area contributed by atoms with E-state index in [1.54, 1.807) is 37.1 Å². The first kappa shape index (κ1) is 19.1. The van der Waals surface area contributed by atoms with Crippen molar-refractivity contribution in [2.24, 2.45) is 5.92 Å². The molecule has 7 heteroatoms. The molecule has 0 unspecified atom stereocenters. The van der Waals surface area contributed by atoms with Crippen molar-refractivity contribution in [2.45, 2.75) is 19.1 Å². The molecule has 2 aromatic rings. The monoisotopic (exact) mass is 397 g/mol. The number of fused-ring (bicyclic) bond motifs is 3. The summed E-state index contributed by atoms with van der Waals surface area (Å²) in [6.07, 6.45) is -0.489. The average Bonchev–Trinajstić information content (AvgIpc) is 3.29. The molecule has 0 saturated carbocycles. The van der Waals surface area contributed by atoms with Crippen molar-refractivity contribution >= 4 is 11.9 Å². The van der Waals surface area contributed by atoms with E-state index in [4.69, 9.17) is 18.9 Å². The number of esters is 1. The minimum atomic E-state index is -0.556. The van der Waals surface area contributed by atoms with E-state index in [1.807, 2.05) is 30.3 Å². The highest BCUT2D eigenvalue weighted by Crippen LogP contribution is 2.48. The van der Waals surface area contributed by atoms with Crippen LogP contribution in [0.2, 0.25) is 0 Å². The molecule has 2 aliphatic heterocycles. The molecule has 152 valence electrons. The van der Waals surface area contributed by atoms with Gasteiger partial charge in [-0.05, 0) is 31.2 Å². The van der Waals surface area contributed by atoms with E-state index in [0.29, 0.717) is 17.2 Å². The summed E-state index contributed by atoms with van der Waals surface area (Å²) in [4.78, 5) is 27.2. The van der Waals surface area contributed by atoms with Gasteiger partial charge in [0.05, 0.1) is 19.8 Å². The zero-order chi connectivity index (χ0) is 20.4. The number of nitrogens with zero attached hydrogens (tertiary/aromatic N) is 1. The van der Waals surface area contributed by atoms with E-state index in [0.717, 1.165) is 5.56 Å². The highest BCUT2D eigenvalue weighted by Gasteiger charge is 2.54. The topological polar surface area (TPSA) is 74.3 Å². The lowest BCUT2D eigenvalue weighted by Gasteiger charge is -2.23. The van der Waals surface area contributed by atoms with E-state index in [2.05, 4.69) is 0 Å². The van der Waals surface area contributed by atoms with Crippen molar-refractivity contribution < 1.29 is 28.5 Å². The van der Waals surface area contributed by atoms with Gasteiger partial charge in [0.2, 0.25) is 0 Å². The van der Waals surface area contributed by atoms with Gasteiger partial charge >= 0.3 is 5.97 Å². The number of benzene rings is 2. The molecular formula is C22H23NO6. The van der Waals surface area contributed by atoms with Crippen LogP contribution in [0.25, 0.3) is 0 Å². The largest absolute Gasteiger partial charge is 0.497 e. The Bertz CT molecular complexity index is 899. The summed E-state index contributed by atoms with van der Waals surface area (Å²) in [6, 6.07) is 14.3. The Morgan fingerprint density at radius 3 is 2.66 bits per heavy atom. The second-order valence-corrected chi connectivity index (χ2v) is 6.94. The number of carbonyl (C=O) groups excluding carboxylic acids is 2. The standard InChI is InChI=1S/C22H23NO6/c1-3-27-22(25)17-12-23(19(24)13-28-14-7-5-4-6-8-14)20-16-10-9-15(26-2)11-18(16)29-21(17)20/h4-11,17,20-21H,3,12-13H2,1-2H3/t17-,20+,21+/m1/s1. The normalized spacial score (nSPS) is 21.7. The summed E-state index contributed by atoms with van der Waals surface area (Å²) < 4.78 is 22.2. The molecule has 1 saturated heterocycles. The molecule has 3 atom stereocenters. The summed E-state index contributed by atoms with van der Waals surface area (Å²) in [5.41, 5.74) is 0.857. The first-order valence-corrected chi connectivity index (χ1v) is 9.61. The molecule has 2 aliphatic rings. The minimum absolute atomic E-state index is 0.117. The smallest absolute Gasteiger partial charge is 0.314 e. The lowest BCUT2D eigenvalue weighted by Crippen LogP contribution is -2.35. The SMILES string of the molecule is CCOC(=O)[C@@H]1CN(C(=O)COc2ccccc2)[C@H]2c3ccc(OC)cc3O[C@@H]12. The van der Waals surface area contributed by atoms with Crippen molar-refractivity contribution in [1.82, 2.24) is 4.90 Å². The van der Waals surface area contributed by atoms with Crippen molar-refractivity contribution in [1.29, 1.82) is 0 Å². The molecule has 4 rings (SSSR count). The Balaban J connectivity index is 1.58. The second-order valence-electron chi connectivity index (χ2n) is 6.94. The molecule has 0 bridgehead atoms. The maximum Gasteiger partial charge on any atom is 0.314 e. The number of likely N-dealkylation sites (tertiary alicyclic amines) is 1. The molecule has 0 radical (unpaired) electrons. The molecule has 29 heavy (non-hydrogen) atoms. The minimum Gasteiger partial charge on any atom is -0.497 e. The fourth-order valence-electron chi connectivity index (χ4n) is 3.91. The zero-order valence-corrected chi connectivity index (χ0v) is 16.4. The van der Waals surface area contributed by atoms with Crippen LogP contribution in [0.15, 0.2) is 48.5 Å². The average molecular weight is 397 g/mol. The van der Waals surface area contributed by atoms with Crippen LogP contribution in [0.5, 0.6) is 17.2 Å². The highest BCUT2D eigenvalue weighted by atomic mass is 16.5. The Kier molecular flexibility index (Phi) is 5.29. The van der Waals surface area contributed by atoms with Gasteiger partial charge in [-0.25, -0.2) is 0 Å². The molecule has 0 aromatic heterocycles. The third-order valence-electron chi connectivity index (χ3n) is 5.25. The highest BCUT2D eigenvalue weighted by molar-refractivity contribution is 5.82. The predicted molar refractivity (Wildman–Crippen MR) is 104 cm³/mol. The van der Waals surface area contributed by atoms with Gasteiger partial charge in [-0.2, -0.15) is 0 Å². The number of hydrogen-bond acceptors (Lipinski definition) is 6. The van der Waals surface area contributed by atoms with Crippen LogP contribution >= 0.6 is 0 Å². The van der Waals surface area contributed by atoms with Crippen LogP contribution in [0.4, 0.5) is 0 Å². The van der Waals surface area contributed by atoms with Gasteiger partial charge in [0.15, 0.2) is 6.61 Å². The molecule has 0 spiro atoms. The van der Waals surface area contributed by atoms with Gasteiger partial charge in [0, 0.05) is 18.2 Å². The van der Waals surface area contributed by atoms with Crippen molar-refractivity contribution in [2.75, 3.05) is 26.9 Å². The van der Waals surface area contributed by atoms with Crippen LogP contribution in [-0.4, -0.2) is 49.7 Å². The molecule has 0 aliphatic carbocycles. The van der Waals surface area contributed by atoms with E-state index >= 15 is 0 Å². The quantitative estimate of drug-likeness (QED) is 0.698. The molecule has 0 N–H and O–H groups in total. The van der Waals surface area contributed by atoms with Crippen LogP contribution in [0.1, 0.15) is 18.5 Å². The van der Waals surface area contributed by atoms with Gasteiger partial charge in [-0.15, -0.1) is 0 Å². The Hall–Kier alpha value is -3.22. The van der Waals surface area contributed by atoms with E-state index in [9.17, 15) is 9.59 Å². The molecule has 1 fully saturated rings. The van der Waals surface area contributed by atoms with Crippen LogP contribution in [-0.2, 0) is 14.3 Å².